The van der Waals surface area contributed by atoms with Crippen LogP contribution in [0.2, 0.25) is 5.02 Å². The molecule has 1 aromatic heterocycles. The van der Waals surface area contributed by atoms with E-state index in [2.05, 4.69) is 15.3 Å². The first kappa shape index (κ1) is 17.4. The summed E-state index contributed by atoms with van der Waals surface area (Å²) in [4.78, 5) is 18.8. The van der Waals surface area contributed by atoms with Gasteiger partial charge in [0.15, 0.2) is 11.5 Å². The molecule has 0 saturated carbocycles. The molecule has 0 aliphatic rings. The molecule has 1 heterocycles. The SMILES string of the molecule is COc1ccccc1Oc1ncnc(Nc2ccc(Cl)cc2)c1[N+](=O)[O-]. The van der Waals surface area contributed by atoms with E-state index in [0.717, 1.165) is 0 Å². The second-order valence-electron chi connectivity index (χ2n) is 5.02. The van der Waals surface area contributed by atoms with Crippen molar-refractivity contribution in [2.24, 2.45) is 0 Å². The van der Waals surface area contributed by atoms with E-state index >= 15 is 0 Å². The number of nitrogens with one attached hydrogen (secondary N) is 1. The van der Waals surface area contributed by atoms with Gasteiger partial charge in [0.05, 0.1) is 12.0 Å². The van der Waals surface area contributed by atoms with E-state index in [1.54, 1.807) is 48.5 Å². The van der Waals surface area contributed by atoms with Gasteiger partial charge in [0.1, 0.15) is 6.33 Å². The Hall–Kier alpha value is -3.39. The number of para-hydroxylation sites is 2. The van der Waals surface area contributed by atoms with Gasteiger partial charge >= 0.3 is 11.6 Å². The van der Waals surface area contributed by atoms with Crippen LogP contribution in [0.3, 0.4) is 0 Å². The van der Waals surface area contributed by atoms with Crippen LogP contribution in [0.5, 0.6) is 17.4 Å². The number of anilines is 2. The summed E-state index contributed by atoms with van der Waals surface area (Å²) in [6, 6.07) is 13.4. The molecule has 3 rings (SSSR count). The van der Waals surface area contributed by atoms with Gasteiger partial charge in [0.25, 0.3) is 0 Å². The number of hydrogen-bond acceptors (Lipinski definition) is 7. The maximum Gasteiger partial charge on any atom is 0.373 e. The summed E-state index contributed by atoms with van der Waals surface area (Å²) in [5.74, 6) is 0.519. The first-order valence-corrected chi connectivity index (χ1v) is 7.79. The summed E-state index contributed by atoms with van der Waals surface area (Å²) in [6.07, 6.45) is 1.18. The number of aromatic nitrogens is 2. The zero-order chi connectivity index (χ0) is 18.5. The lowest BCUT2D eigenvalue weighted by atomic mass is 10.3. The van der Waals surface area contributed by atoms with Gasteiger partial charge in [0, 0.05) is 10.7 Å². The number of halogens is 1. The Morgan fingerprint density at radius 3 is 2.42 bits per heavy atom. The van der Waals surface area contributed by atoms with Gasteiger partial charge in [-0.1, -0.05) is 23.7 Å². The van der Waals surface area contributed by atoms with Crippen LogP contribution in [0.1, 0.15) is 0 Å². The predicted molar refractivity (Wildman–Crippen MR) is 96.5 cm³/mol. The Labute approximate surface area is 153 Å². The lowest BCUT2D eigenvalue weighted by Gasteiger charge is -2.11. The molecule has 26 heavy (non-hydrogen) atoms. The Bertz CT molecular complexity index is 934. The molecule has 1 N–H and O–H groups in total. The molecule has 3 aromatic rings. The Morgan fingerprint density at radius 1 is 1.08 bits per heavy atom. The van der Waals surface area contributed by atoms with Gasteiger partial charge in [-0.25, -0.2) is 4.98 Å². The third kappa shape index (κ3) is 3.81. The average molecular weight is 373 g/mol. The summed E-state index contributed by atoms with van der Waals surface area (Å²) >= 11 is 5.85. The third-order valence-electron chi connectivity index (χ3n) is 3.35. The Kier molecular flexibility index (Phi) is 5.14. The van der Waals surface area contributed by atoms with Gasteiger partial charge in [-0.2, -0.15) is 4.98 Å². The van der Waals surface area contributed by atoms with Crippen molar-refractivity contribution in [2.75, 3.05) is 12.4 Å². The molecule has 0 fully saturated rings. The van der Waals surface area contributed by atoms with Crippen molar-refractivity contribution in [1.29, 1.82) is 0 Å². The van der Waals surface area contributed by atoms with Crippen LogP contribution in [0.25, 0.3) is 0 Å². The molecular weight excluding hydrogens is 360 g/mol. The van der Waals surface area contributed by atoms with Crippen molar-refractivity contribution in [1.82, 2.24) is 9.97 Å². The minimum absolute atomic E-state index is 0.00257. The van der Waals surface area contributed by atoms with E-state index in [4.69, 9.17) is 21.1 Å². The molecule has 0 unspecified atom stereocenters. The van der Waals surface area contributed by atoms with Gasteiger partial charge in [0.2, 0.25) is 5.82 Å². The summed E-state index contributed by atoms with van der Waals surface area (Å²) < 4.78 is 10.8. The maximum atomic E-state index is 11.6. The van der Waals surface area contributed by atoms with Crippen molar-refractivity contribution in [2.45, 2.75) is 0 Å². The molecule has 132 valence electrons. The van der Waals surface area contributed by atoms with Crippen molar-refractivity contribution < 1.29 is 14.4 Å². The smallest absolute Gasteiger partial charge is 0.373 e. The van der Waals surface area contributed by atoms with E-state index < -0.39 is 10.6 Å². The highest BCUT2D eigenvalue weighted by Gasteiger charge is 2.26. The van der Waals surface area contributed by atoms with Crippen LogP contribution in [0, 0.1) is 10.1 Å². The summed E-state index contributed by atoms with van der Waals surface area (Å²) in [5.41, 5.74) is 0.188. The van der Waals surface area contributed by atoms with Crippen molar-refractivity contribution >= 4 is 28.8 Å². The van der Waals surface area contributed by atoms with E-state index in [0.29, 0.717) is 22.2 Å². The summed E-state index contributed by atoms with van der Waals surface area (Å²) in [7, 11) is 1.48. The quantitative estimate of drug-likeness (QED) is 0.499. The second-order valence-corrected chi connectivity index (χ2v) is 5.45. The fourth-order valence-corrected chi connectivity index (χ4v) is 2.30. The standard InChI is InChI=1S/C17H13ClN4O4/c1-25-13-4-2-3-5-14(13)26-17-15(22(23)24)16(19-10-20-17)21-12-8-6-11(18)7-9-12/h2-10H,1H3,(H,19,20,21). The summed E-state index contributed by atoms with van der Waals surface area (Å²) in [5, 5.41) is 15.0. The van der Waals surface area contributed by atoms with E-state index in [1.165, 1.54) is 13.4 Å². The normalized spacial score (nSPS) is 10.2. The van der Waals surface area contributed by atoms with Crippen LogP contribution >= 0.6 is 11.6 Å². The number of hydrogen-bond donors (Lipinski definition) is 1. The highest BCUT2D eigenvalue weighted by atomic mass is 35.5. The number of ether oxygens (including phenoxy) is 2. The second kappa shape index (κ2) is 7.66. The molecule has 0 amide bonds. The average Bonchev–Trinajstić information content (AvgIpc) is 2.64. The van der Waals surface area contributed by atoms with Crippen LogP contribution in [-0.4, -0.2) is 22.0 Å². The number of nitro groups is 1. The molecule has 0 aliphatic heterocycles. The molecule has 0 spiro atoms. The molecular formula is C17H13ClN4O4. The largest absolute Gasteiger partial charge is 0.493 e. The van der Waals surface area contributed by atoms with Gasteiger partial charge in [-0.05, 0) is 36.4 Å². The van der Waals surface area contributed by atoms with Crippen molar-refractivity contribution in [3.63, 3.8) is 0 Å². The Balaban J connectivity index is 1.98. The van der Waals surface area contributed by atoms with Crippen molar-refractivity contribution in [3.05, 3.63) is 70.0 Å². The monoisotopic (exact) mass is 372 g/mol. The molecule has 8 nitrogen and oxygen atoms in total. The Morgan fingerprint density at radius 2 is 1.77 bits per heavy atom. The number of nitrogens with zero attached hydrogens (tertiary/aromatic N) is 3. The highest BCUT2D eigenvalue weighted by Crippen LogP contribution is 2.38. The fourth-order valence-electron chi connectivity index (χ4n) is 2.17. The molecule has 0 bridgehead atoms. The molecule has 2 aromatic carbocycles. The fraction of sp³-hybridized carbons (Fsp3) is 0.0588. The minimum atomic E-state index is -0.608. The van der Waals surface area contributed by atoms with E-state index in [-0.39, 0.29) is 11.7 Å². The zero-order valence-corrected chi connectivity index (χ0v) is 14.3. The van der Waals surface area contributed by atoms with Crippen LogP contribution in [0.15, 0.2) is 54.9 Å². The van der Waals surface area contributed by atoms with Gasteiger partial charge < -0.3 is 14.8 Å². The molecule has 9 heteroatoms. The molecule has 0 aliphatic carbocycles. The zero-order valence-electron chi connectivity index (χ0n) is 13.5. The van der Waals surface area contributed by atoms with E-state index in [9.17, 15) is 10.1 Å². The number of methoxy groups -OCH3 is 1. The van der Waals surface area contributed by atoms with Gasteiger partial charge in [-0.3, -0.25) is 10.1 Å². The first-order valence-electron chi connectivity index (χ1n) is 7.41. The molecule has 0 radical (unpaired) electrons. The predicted octanol–water partition coefficient (Wildman–Crippen LogP) is 4.58. The minimum Gasteiger partial charge on any atom is -0.493 e. The van der Waals surface area contributed by atoms with E-state index in [1.807, 2.05) is 0 Å². The molecule has 0 atom stereocenters. The van der Waals surface area contributed by atoms with Crippen LogP contribution in [-0.2, 0) is 0 Å². The van der Waals surface area contributed by atoms with Crippen LogP contribution in [0.4, 0.5) is 17.2 Å². The highest BCUT2D eigenvalue weighted by molar-refractivity contribution is 6.30. The lowest BCUT2D eigenvalue weighted by molar-refractivity contribution is -0.385. The number of benzene rings is 2. The topological polar surface area (TPSA) is 99.4 Å². The van der Waals surface area contributed by atoms with Crippen molar-refractivity contribution in [3.8, 4) is 17.4 Å². The first-order chi connectivity index (χ1) is 12.6. The van der Waals surface area contributed by atoms with Crippen LogP contribution < -0.4 is 14.8 Å². The third-order valence-corrected chi connectivity index (χ3v) is 3.61. The summed E-state index contributed by atoms with van der Waals surface area (Å²) in [6.45, 7) is 0. The number of rotatable bonds is 6. The molecule has 0 saturated heterocycles. The van der Waals surface area contributed by atoms with Gasteiger partial charge in [-0.15, -0.1) is 0 Å². The lowest BCUT2D eigenvalue weighted by Crippen LogP contribution is -2.04. The maximum absolute atomic E-state index is 11.6.